The number of para-hydroxylation sites is 1. The minimum absolute atomic E-state index is 0.380. The predicted molar refractivity (Wildman–Crippen MR) is 78.3 cm³/mol. The number of aryl methyl sites for hydroxylation is 1. The monoisotopic (exact) mass is 252 g/mol. The summed E-state index contributed by atoms with van der Waals surface area (Å²) in [5.74, 6) is -0.380. The van der Waals surface area contributed by atoms with Gasteiger partial charge >= 0.3 is 0 Å². The normalized spacial score (nSPS) is 11.2. The second-order valence-electron chi connectivity index (χ2n) is 4.76. The van der Waals surface area contributed by atoms with Gasteiger partial charge in [-0.3, -0.25) is 4.79 Å². The van der Waals surface area contributed by atoms with Crippen molar-refractivity contribution < 1.29 is 4.79 Å². The molecule has 0 aliphatic heterocycles. The summed E-state index contributed by atoms with van der Waals surface area (Å²) in [6.45, 7) is 3.14. The lowest BCUT2D eigenvalue weighted by molar-refractivity contribution is 0.100. The molecule has 3 rings (SSSR count). The summed E-state index contributed by atoms with van der Waals surface area (Å²) in [6.07, 6.45) is 1.07. The van der Waals surface area contributed by atoms with Gasteiger partial charge in [-0.1, -0.05) is 25.1 Å². The first-order chi connectivity index (χ1) is 9.22. The summed E-state index contributed by atoms with van der Waals surface area (Å²) >= 11 is 0. The smallest absolute Gasteiger partial charge is 0.248 e. The standard InChI is InChI=1S/C16H16N2O/c1-2-9-18-14-6-4-3-5-12(14)13-10-11(16(17)19)7-8-15(13)18/h3-8,10H,2,9H2,1H3,(H2,17,19). The van der Waals surface area contributed by atoms with E-state index in [1.165, 1.54) is 10.9 Å². The van der Waals surface area contributed by atoms with Crippen LogP contribution in [0.15, 0.2) is 42.5 Å². The van der Waals surface area contributed by atoms with E-state index in [2.05, 4.69) is 23.6 Å². The molecule has 0 aliphatic rings. The number of carbonyl (C=O) groups is 1. The van der Waals surface area contributed by atoms with E-state index in [9.17, 15) is 4.79 Å². The molecule has 19 heavy (non-hydrogen) atoms. The number of hydrogen-bond acceptors (Lipinski definition) is 1. The SMILES string of the molecule is CCCn1c2ccccc2c2cc(C(N)=O)ccc21. The summed E-state index contributed by atoms with van der Waals surface area (Å²) in [7, 11) is 0. The van der Waals surface area contributed by atoms with Crippen LogP contribution in [0.1, 0.15) is 23.7 Å². The molecule has 0 atom stereocenters. The zero-order valence-electron chi connectivity index (χ0n) is 10.9. The van der Waals surface area contributed by atoms with Crippen LogP contribution in [0.3, 0.4) is 0 Å². The Morgan fingerprint density at radius 2 is 1.84 bits per heavy atom. The van der Waals surface area contributed by atoms with Crippen LogP contribution < -0.4 is 5.73 Å². The quantitative estimate of drug-likeness (QED) is 0.763. The molecule has 1 amide bonds. The Bertz CT molecular complexity index is 771. The zero-order chi connectivity index (χ0) is 13.4. The first-order valence-corrected chi connectivity index (χ1v) is 6.53. The van der Waals surface area contributed by atoms with Gasteiger partial charge in [0.05, 0.1) is 0 Å². The minimum Gasteiger partial charge on any atom is -0.366 e. The average molecular weight is 252 g/mol. The van der Waals surface area contributed by atoms with Crippen molar-refractivity contribution in [3.8, 4) is 0 Å². The Kier molecular flexibility index (Phi) is 2.75. The number of benzene rings is 2. The van der Waals surface area contributed by atoms with E-state index in [0.29, 0.717) is 5.56 Å². The van der Waals surface area contributed by atoms with Crippen LogP contribution in [-0.4, -0.2) is 10.5 Å². The number of primary amides is 1. The van der Waals surface area contributed by atoms with Crippen LogP contribution >= 0.6 is 0 Å². The molecule has 3 aromatic rings. The number of nitrogens with two attached hydrogens (primary N) is 1. The Hall–Kier alpha value is -2.29. The lowest BCUT2D eigenvalue weighted by Gasteiger charge is -2.05. The van der Waals surface area contributed by atoms with Gasteiger partial charge in [-0.25, -0.2) is 0 Å². The second-order valence-corrected chi connectivity index (χ2v) is 4.76. The van der Waals surface area contributed by atoms with Gasteiger partial charge in [-0.05, 0) is 30.7 Å². The van der Waals surface area contributed by atoms with Gasteiger partial charge in [0.15, 0.2) is 0 Å². The fraction of sp³-hybridized carbons (Fsp3) is 0.188. The molecule has 0 saturated carbocycles. The Morgan fingerprint density at radius 3 is 2.58 bits per heavy atom. The fourth-order valence-electron chi connectivity index (χ4n) is 2.67. The van der Waals surface area contributed by atoms with E-state index >= 15 is 0 Å². The van der Waals surface area contributed by atoms with Crippen LogP contribution in [0.5, 0.6) is 0 Å². The Labute approximate surface area is 111 Å². The maximum absolute atomic E-state index is 11.3. The second kappa shape index (κ2) is 4.43. The van der Waals surface area contributed by atoms with Crippen molar-refractivity contribution in [3.05, 3.63) is 48.0 Å². The van der Waals surface area contributed by atoms with Crippen molar-refractivity contribution in [2.75, 3.05) is 0 Å². The molecular weight excluding hydrogens is 236 g/mol. The van der Waals surface area contributed by atoms with Gasteiger partial charge in [0, 0.05) is 33.9 Å². The molecule has 0 bridgehead atoms. The van der Waals surface area contributed by atoms with Crippen LogP contribution in [0, 0.1) is 0 Å². The van der Waals surface area contributed by atoms with E-state index < -0.39 is 0 Å². The molecular formula is C16H16N2O. The van der Waals surface area contributed by atoms with Crippen molar-refractivity contribution in [2.24, 2.45) is 5.73 Å². The number of hydrogen-bond donors (Lipinski definition) is 1. The van der Waals surface area contributed by atoms with Crippen molar-refractivity contribution in [1.29, 1.82) is 0 Å². The summed E-state index contributed by atoms with van der Waals surface area (Å²) in [5.41, 5.74) is 8.30. The molecule has 1 aromatic heterocycles. The third-order valence-corrected chi connectivity index (χ3v) is 3.50. The molecule has 96 valence electrons. The summed E-state index contributed by atoms with van der Waals surface area (Å²) in [5, 5.41) is 2.27. The summed E-state index contributed by atoms with van der Waals surface area (Å²) in [4.78, 5) is 11.3. The molecule has 0 saturated heterocycles. The highest BCUT2D eigenvalue weighted by atomic mass is 16.1. The van der Waals surface area contributed by atoms with Crippen molar-refractivity contribution >= 4 is 27.7 Å². The molecule has 2 aromatic carbocycles. The molecule has 3 heteroatoms. The molecule has 0 fully saturated rings. The number of rotatable bonds is 3. The largest absolute Gasteiger partial charge is 0.366 e. The van der Waals surface area contributed by atoms with Crippen LogP contribution in [0.2, 0.25) is 0 Å². The zero-order valence-corrected chi connectivity index (χ0v) is 10.9. The minimum atomic E-state index is -0.380. The lowest BCUT2D eigenvalue weighted by Crippen LogP contribution is -2.10. The van der Waals surface area contributed by atoms with Gasteiger partial charge < -0.3 is 10.3 Å². The lowest BCUT2D eigenvalue weighted by atomic mass is 10.1. The summed E-state index contributed by atoms with van der Waals surface area (Å²) < 4.78 is 2.30. The van der Waals surface area contributed by atoms with Crippen molar-refractivity contribution in [3.63, 3.8) is 0 Å². The number of nitrogens with zero attached hydrogens (tertiary/aromatic N) is 1. The van der Waals surface area contributed by atoms with Gasteiger partial charge in [-0.15, -0.1) is 0 Å². The molecule has 2 N–H and O–H groups in total. The topological polar surface area (TPSA) is 48.0 Å². The van der Waals surface area contributed by atoms with Gasteiger partial charge in [-0.2, -0.15) is 0 Å². The third kappa shape index (κ3) is 1.78. The molecule has 0 aliphatic carbocycles. The highest BCUT2D eigenvalue weighted by Crippen LogP contribution is 2.29. The van der Waals surface area contributed by atoms with Crippen LogP contribution in [0.4, 0.5) is 0 Å². The van der Waals surface area contributed by atoms with E-state index in [0.717, 1.165) is 23.9 Å². The number of aromatic nitrogens is 1. The van der Waals surface area contributed by atoms with Crippen molar-refractivity contribution in [1.82, 2.24) is 4.57 Å². The number of fused-ring (bicyclic) bond motifs is 3. The fourth-order valence-corrected chi connectivity index (χ4v) is 2.67. The van der Waals surface area contributed by atoms with Crippen molar-refractivity contribution in [2.45, 2.75) is 19.9 Å². The van der Waals surface area contributed by atoms with Gasteiger partial charge in [0.25, 0.3) is 0 Å². The van der Waals surface area contributed by atoms with Gasteiger partial charge in [0.1, 0.15) is 0 Å². The first-order valence-electron chi connectivity index (χ1n) is 6.53. The highest BCUT2D eigenvalue weighted by molar-refractivity contribution is 6.10. The Balaban J connectivity index is 2.41. The molecule has 3 nitrogen and oxygen atoms in total. The summed E-state index contributed by atoms with van der Waals surface area (Å²) in [6, 6.07) is 14.0. The third-order valence-electron chi connectivity index (χ3n) is 3.50. The maximum Gasteiger partial charge on any atom is 0.248 e. The van der Waals surface area contributed by atoms with Crippen LogP contribution in [0.25, 0.3) is 21.8 Å². The highest BCUT2D eigenvalue weighted by Gasteiger charge is 2.11. The first kappa shape index (κ1) is 11.8. The Morgan fingerprint density at radius 1 is 1.11 bits per heavy atom. The maximum atomic E-state index is 11.3. The van der Waals surface area contributed by atoms with Gasteiger partial charge in [0.2, 0.25) is 5.91 Å². The molecule has 0 radical (unpaired) electrons. The van der Waals surface area contributed by atoms with Crippen LogP contribution in [-0.2, 0) is 6.54 Å². The van der Waals surface area contributed by atoms with E-state index in [1.54, 1.807) is 6.07 Å². The van der Waals surface area contributed by atoms with E-state index in [4.69, 9.17) is 5.73 Å². The predicted octanol–water partition coefficient (Wildman–Crippen LogP) is 3.30. The molecule has 0 unspecified atom stereocenters. The number of amides is 1. The molecule has 0 spiro atoms. The van der Waals surface area contributed by atoms with E-state index in [1.807, 2.05) is 24.3 Å². The average Bonchev–Trinajstić information content (AvgIpc) is 2.74. The van der Waals surface area contributed by atoms with E-state index in [-0.39, 0.29) is 5.91 Å². The number of carbonyl (C=O) groups excluding carboxylic acids is 1. The molecule has 1 heterocycles.